The molecule has 1 aromatic heterocycles. The fraction of sp³-hybridized carbons (Fsp3) is 0. The van der Waals surface area contributed by atoms with Gasteiger partial charge in [0.2, 0.25) is 0 Å². The van der Waals surface area contributed by atoms with E-state index in [4.69, 9.17) is 11.6 Å². The molecule has 2 heteroatoms. The van der Waals surface area contributed by atoms with E-state index in [1.807, 2.05) is 6.07 Å². The zero-order valence-electron chi connectivity index (χ0n) is 15.1. The van der Waals surface area contributed by atoms with Crippen molar-refractivity contribution in [2.45, 2.75) is 0 Å². The molecule has 5 aromatic carbocycles. The lowest BCUT2D eigenvalue weighted by Gasteiger charge is -2.11. The molecule has 0 radical (unpaired) electrons. The third kappa shape index (κ3) is 2.14. The Balaban J connectivity index is 1.82. The van der Waals surface area contributed by atoms with E-state index in [0.717, 1.165) is 21.5 Å². The molecule has 0 saturated heterocycles. The van der Waals surface area contributed by atoms with E-state index >= 15 is 0 Å². The first kappa shape index (κ1) is 15.7. The van der Waals surface area contributed by atoms with Gasteiger partial charge in [0.05, 0.1) is 16.1 Å². The summed E-state index contributed by atoms with van der Waals surface area (Å²) in [5, 5.41) is 8.10. The molecule has 0 amide bonds. The van der Waals surface area contributed by atoms with Gasteiger partial charge >= 0.3 is 0 Å². The second kappa shape index (κ2) is 5.85. The van der Waals surface area contributed by atoms with Gasteiger partial charge in [-0.15, -0.1) is 0 Å². The van der Waals surface area contributed by atoms with Crippen LogP contribution in [0, 0.1) is 0 Å². The van der Waals surface area contributed by atoms with Gasteiger partial charge in [0.15, 0.2) is 0 Å². The van der Waals surface area contributed by atoms with Gasteiger partial charge in [0.25, 0.3) is 0 Å². The third-order valence-electron chi connectivity index (χ3n) is 5.62. The summed E-state index contributed by atoms with van der Waals surface area (Å²) in [5.74, 6) is 0. The highest BCUT2D eigenvalue weighted by Gasteiger charge is 2.15. The zero-order chi connectivity index (χ0) is 18.7. The summed E-state index contributed by atoms with van der Waals surface area (Å²) in [7, 11) is 0. The number of rotatable bonds is 1. The fourth-order valence-corrected chi connectivity index (χ4v) is 4.68. The molecule has 0 aliphatic carbocycles. The lowest BCUT2D eigenvalue weighted by molar-refractivity contribution is 1.19. The molecule has 0 unspecified atom stereocenters. The van der Waals surface area contributed by atoms with Crippen molar-refractivity contribution in [2.24, 2.45) is 0 Å². The minimum Gasteiger partial charge on any atom is -0.309 e. The molecular weight excluding hydrogens is 362 g/mol. The Morgan fingerprint density at radius 2 is 1.21 bits per heavy atom. The molecule has 0 spiro atoms. The Kier molecular flexibility index (Phi) is 3.29. The summed E-state index contributed by atoms with van der Waals surface area (Å²) in [4.78, 5) is 0. The van der Waals surface area contributed by atoms with E-state index in [2.05, 4.69) is 95.6 Å². The van der Waals surface area contributed by atoms with Crippen LogP contribution in [-0.2, 0) is 0 Å². The molecule has 0 aliphatic rings. The van der Waals surface area contributed by atoms with E-state index in [9.17, 15) is 0 Å². The molecule has 0 bridgehead atoms. The molecule has 0 N–H and O–H groups in total. The second-order valence-electron chi connectivity index (χ2n) is 7.18. The minimum absolute atomic E-state index is 0.778. The van der Waals surface area contributed by atoms with Crippen molar-refractivity contribution in [3.63, 3.8) is 0 Å². The molecule has 0 atom stereocenters. The Morgan fingerprint density at radius 1 is 0.536 bits per heavy atom. The molecule has 6 aromatic rings. The molecule has 6 rings (SSSR count). The van der Waals surface area contributed by atoms with Crippen LogP contribution in [0.1, 0.15) is 0 Å². The molecule has 1 heterocycles. The van der Waals surface area contributed by atoms with Crippen LogP contribution in [0.2, 0.25) is 5.02 Å². The zero-order valence-corrected chi connectivity index (χ0v) is 15.8. The van der Waals surface area contributed by atoms with Crippen molar-refractivity contribution in [2.75, 3.05) is 0 Å². The number of nitrogens with zero attached hydrogens (tertiary/aromatic N) is 1. The molecule has 132 valence electrons. The van der Waals surface area contributed by atoms with E-state index in [1.54, 1.807) is 0 Å². The van der Waals surface area contributed by atoms with Crippen LogP contribution in [0.4, 0.5) is 0 Å². The maximum atomic E-state index is 6.66. The number of hydrogen-bond acceptors (Lipinski definition) is 0. The molecule has 1 nitrogen and oxygen atoms in total. The van der Waals surface area contributed by atoms with Gasteiger partial charge in [0.1, 0.15) is 0 Å². The average Bonchev–Trinajstić information content (AvgIpc) is 3.08. The van der Waals surface area contributed by atoms with Crippen LogP contribution in [0.25, 0.3) is 49.0 Å². The van der Waals surface area contributed by atoms with Gasteiger partial charge in [0, 0.05) is 21.8 Å². The normalized spacial score (nSPS) is 11.8. The monoisotopic (exact) mass is 377 g/mol. The summed E-state index contributed by atoms with van der Waals surface area (Å²) in [5.41, 5.74) is 3.48. The third-order valence-corrected chi connectivity index (χ3v) is 5.93. The highest BCUT2D eigenvalue weighted by atomic mass is 35.5. The number of aromatic nitrogens is 1. The van der Waals surface area contributed by atoms with Crippen LogP contribution in [0.5, 0.6) is 0 Å². The highest BCUT2D eigenvalue weighted by Crippen LogP contribution is 2.38. The standard InChI is InChI=1S/C26H16ClN/c27-23-16-19(15-18-8-2-3-9-20(18)23)28-24-12-6-5-11-22(24)26-21-10-4-1-7-17(21)13-14-25(26)28/h1-16H. The first-order valence-corrected chi connectivity index (χ1v) is 9.79. The SMILES string of the molecule is Clc1cc(-n2c3ccccc3c3c4ccccc4ccc32)cc2ccccc12. The van der Waals surface area contributed by atoms with E-state index < -0.39 is 0 Å². The summed E-state index contributed by atoms with van der Waals surface area (Å²) in [6, 6.07) is 34.2. The number of halogens is 1. The smallest absolute Gasteiger partial charge is 0.0547 e. The summed E-state index contributed by atoms with van der Waals surface area (Å²) < 4.78 is 2.33. The van der Waals surface area contributed by atoms with Gasteiger partial charge in [-0.05, 0) is 40.4 Å². The number of para-hydroxylation sites is 1. The first-order valence-electron chi connectivity index (χ1n) is 9.41. The lowest BCUT2D eigenvalue weighted by atomic mass is 10.0. The van der Waals surface area contributed by atoms with Crippen molar-refractivity contribution in [1.82, 2.24) is 4.57 Å². The molecular formula is C26H16ClN. The van der Waals surface area contributed by atoms with Gasteiger partial charge in [-0.2, -0.15) is 0 Å². The predicted molar refractivity (Wildman–Crippen MR) is 121 cm³/mol. The fourth-order valence-electron chi connectivity index (χ4n) is 4.40. The largest absolute Gasteiger partial charge is 0.309 e. The summed E-state index contributed by atoms with van der Waals surface area (Å²) in [6.45, 7) is 0. The van der Waals surface area contributed by atoms with Crippen molar-refractivity contribution >= 4 is 55.0 Å². The number of hydrogen-bond donors (Lipinski definition) is 0. The second-order valence-corrected chi connectivity index (χ2v) is 7.59. The van der Waals surface area contributed by atoms with Gasteiger partial charge < -0.3 is 4.57 Å². The van der Waals surface area contributed by atoms with Gasteiger partial charge in [-0.25, -0.2) is 0 Å². The van der Waals surface area contributed by atoms with E-state index in [1.165, 1.54) is 32.6 Å². The van der Waals surface area contributed by atoms with Crippen LogP contribution in [-0.4, -0.2) is 4.57 Å². The first-order chi connectivity index (χ1) is 13.8. The molecule has 0 fully saturated rings. The van der Waals surface area contributed by atoms with Gasteiger partial charge in [-0.3, -0.25) is 0 Å². The van der Waals surface area contributed by atoms with Crippen LogP contribution >= 0.6 is 11.6 Å². The van der Waals surface area contributed by atoms with Crippen molar-refractivity contribution in [3.8, 4) is 5.69 Å². The Bertz CT molecular complexity index is 1520. The van der Waals surface area contributed by atoms with Crippen LogP contribution in [0.3, 0.4) is 0 Å². The average molecular weight is 378 g/mol. The minimum atomic E-state index is 0.778. The molecule has 0 saturated carbocycles. The quantitative estimate of drug-likeness (QED) is 0.276. The summed E-state index contributed by atoms with van der Waals surface area (Å²) in [6.07, 6.45) is 0. The van der Waals surface area contributed by atoms with E-state index in [-0.39, 0.29) is 0 Å². The number of benzene rings is 5. The highest BCUT2D eigenvalue weighted by molar-refractivity contribution is 6.35. The van der Waals surface area contributed by atoms with E-state index in [0.29, 0.717) is 0 Å². The summed E-state index contributed by atoms with van der Waals surface area (Å²) >= 11 is 6.66. The predicted octanol–water partition coefficient (Wildman–Crippen LogP) is 7.74. The van der Waals surface area contributed by atoms with Crippen molar-refractivity contribution in [3.05, 3.63) is 102 Å². The Labute approximate surface area is 167 Å². The number of fused-ring (bicyclic) bond motifs is 6. The Hall–Kier alpha value is -3.29. The van der Waals surface area contributed by atoms with Crippen LogP contribution < -0.4 is 0 Å². The maximum absolute atomic E-state index is 6.66. The van der Waals surface area contributed by atoms with Gasteiger partial charge in [-0.1, -0.05) is 84.4 Å². The Morgan fingerprint density at radius 3 is 2.07 bits per heavy atom. The maximum Gasteiger partial charge on any atom is 0.0547 e. The van der Waals surface area contributed by atoms with Crippen molar-refractivity contribution < 1.29 is 0 Å². The lowest BCUT2D eigenvalue weighted by Crippen LogP contribution is -1.94. The topological polar surface area (TPSA) is 4.93 Å². The van der Waals surface area contributed by atoms with Crippen LogP contribution in [0.15, 0.2) is 97.1 Å². The molecule has 0 aliphatic heterocycles. The van der Waals surface area contributed by atoms with Crippen molar-refractivity contribution in [1.29, 1.82) is 0 Å². The molecule has 28 heavy (non-hydrogen) atoms.